The molecule has 0 fully saturated rings. The summed E-state index contributed by atoms with van der Waals surface area (Å²) in [5.41, 5.74) is 3.23. The lowest BCUT2D eigenvalue weighted by Crippen LogP contribution is -2.21. The van der Waals surface area contributed by atoms with Crippen molar-refractivity contribution in [2.45, 2.75) is 13.5 Å². The summed E-state index contributed by atoms with van der Waals surface area (Å²) in [5, 5.41) is 3.26. The van der Waals surface area contributed by atoms with Crippen LogP contribution in [0.4, 0.5) is 5.69 Å². The van der Waals surface area contributed by atoms with E-state index in [4.69, 9.17) is 11.2 Å². The smallest absolute Gasteiger partial charge is 0.295 e. The molecule has 2 aromatic carbocycles. The molecule has 0 aliphatic rings. The summed E-state index contributed by atoms with van der Waals surface area (Å²) >= 11 is 0. The highest BCUT2D eigenvalue weighted by molar-refractivity contribution is 5.49. The summed E-state index contributed by atoms with van der Waals surface area (Å²) in [5.74, 6) is 3.16. The Morgan fingerprint density at radius 1 is 1.15 bits per heavy atom. The predicted octanol–water partition coefficient (Wildman–Crippen LogP) is 3.11. The minimum absolute atomic E-state index is 0.0732. The van der Waals surface area contributed by atoms with E-state index in [2.05, 4.69) is 11.2 Å². The zero-order valence-corrected chi connectivity index (χ0v) is 14.9. The van der Waals surface area contributed by atoms with E-state index < -0.39 is 0 Å². The van der Waals surface area contributed by atoms with Crippen LogP contribution >= 0.6 is 0 Å². The van der Waals surface area contributed by atoms with E-state index in [-0.39, 0.29) is 12.2 Å². The van der Waals surface area contributed by atoms with E-state index in [0.717, 1.165) is 16.9 Å². The van der Waals surface area contributed by atoms with Gasteiger partial charge in [0.1, 0.15) is 18.0 Å². The third-order valence-corrected chi connectivity index (χ3v) is 4.24. The van der Waals surface area contributed by atoms with E-state index >= 15 is 0 Å². The van der Waals surface area contributed by atoms with Crippen LogP contribution in [0.25, 0.3) is 5.69 Å². The molecule has 5 nitrogen and oxygen atoms in total. The average molecular weight is 347 g/mol. The molecule has 3 aromatic rings. The molecule has 1 aromatic heterocycles. The van der Waals surface area contributed by atoms with Crippen LogP contribution in [-0.4, -0.2) is 16.0 Å². The molecule has 0 bridgehead atoms. The van der Waals surface area contributed by atoms with Crippen molar-refractivity contribution in [3.8, 4) is 23.8 Å². The van der Waals surface area contributed by atoms with E-state index in [9.17, 15) is 4.79 Å². The second-order valence-electron chi connectivity index (χ2n) is 5.93. The average Bonchev–Trinajstić information content (AvgIpc) is 2.88. The number of hydrogen-bond acceptors (Lipinski definition) is 3. The molecule has 0 aliphatic heterocycles. The normalized spacial score (nSPS) is 10.3. The highest BCUT2D eigenvalue weighted by atomic mass is 16.5. The number of aromatic nitrogens is 2. The second-order valence-corrected chi connectivity index (χ2v) is 5.93. The molecule has 132 valence electrons. The number of nitrogens with zero attached hydrogens (tertiary/aromatic N) is 2. The monoisotopic (exact) mass is 347 g/mol. The van der Waals surface area contributed by atoms with Gasteiger partial charge in [-0.05, 0) is 36.8 Å². The topological polar surface area (TPSA) is 48.2 Å². The Balaban J connectivity index is 1.84. The zero-order valence-electron chi connectivity index (χ0n) is 14.9. The highest BCUT2D eigenvalue weighted by Gasteiger charge is 2.15. The second kappa shape index (κ2) is 7.66. The lowest BCUT2D eigenvalue weighted by atomic mass is 10.2. The van der Waals surface area contributed by atoms with Crippen molar-refractivity contribution >= 4 is 5.69 Å². The molecule has 5 heteroatoms. The first-order chi connectivity index (χ1) is 12.6. The molecule has 1 N–H and O–H groups in total. The number of ether oxygens (including phenoxy) is 1. The van der Waals surface area contributed by atoms with Gasteiger partial charge in [-0.15, -0.1) is 6.42 Å². The SMILES string of the molecule is C#CCOc1cccc(CNc2c(C)n(C)n(-c3ccccc3)c2=O)c1. The fraction of sp³-hybridized carbons (Fsp3) is 0.190. The Morgan fingerprint density at radius 2 is 1.92 bits per heavy atom. The van der Waals surface area contributed by atoms with Crippen LogP contribution in [0.1, 0.15) is 11.3 Å². The first kappa shape index (κ1) is 17.4. The van der Waals surface area contributed by atoms with Crippen molar-refractivity contribution in [1.82, 2.24) is 9.36 Å². The molecule has 0 saturated heterocycles. The maximum Gasteiger partial charge on any atom is 0.295 e. The molecule has 0 atom stereocenters. The minimum atomic E-state index is -0.0732. The number of para-hydroxylation sites is 1. The molecular formula is C21H21N3O2. The van der Waals surface area contributed by atoms with Crippen molar-refractivity contribution in [2.75, 3.05) is 11.9 Å². The predicted molar refractivity (Wildman–Crippen MR) is 104 cm³/mol. The number of rotatable bonds is 6. The van der Waals surface area contributed by atoms with Gasteiger partial charge in [0.05, 0.1) is 11.4 Å². The maximum atomic E-state index is 12.9. The summed E-state index contributed by atoms with van der Waals surface area (Å²) in [6.45, 7) is 2.67. The van der Waals surface area contributed by atoms with E-state index in [1.807, 2.05) is 73.3 Å². The Hall–Kier alpha value is -3.39. The van der Waals surface area contributed by atoms with Crippen molar-refractivity contribution in [1.29, 1.82) is 0 Å². The number of hydrogen-bond donors (Lipinski definition) is 1. The van der Waals surface area contributed by atoms with Gasteiger partial charge < -0.3 is 10.1 Å². The van der Waals surface area contributed by atoms with Gasteiger partial charge in [-0.25, -0.2) is 4.68 Å². The van der Waals surface area contributed by atoms with E-state index in [1.54, 1.807) is 4.68 Å². The third kappa shape index (κ3) is 3.50. The van der Waals surface area contributed by atoms with Crippen LogP contribution in [0.3, 0.4) is 0 Å². The lowest BCUT2D eigenvalue weighted by Gasteiger charge is -2.08. The van der Waals surface area contributed by atoms with Gasteiger partial charge in [-0.3, -0.25) is 9.48 Å². The van der Waals surface area contributed by atoms with Gasteiger partial charge in [-0.1, -0.05) is 36.3 Å². The van der Waals surface area contributed by atoms with Crippen molar-refractivity contribution < 1.29 is 4.74 Å². The van der Waals surface area contributed by atoms with Crippen molar-refractivity contribution in [2.24, 2.45) is 7.05 Å². The molecule has 0 radical (unpaired) electrons. The molecule has 26 heavy (non-hydrogen) atoms. The number of nitrogens with one attached hydrogen (secondary N) is 1. The lowest BCUT2D eigenvalue weighted by molar-refractivity contribution is 0.370. The van der Waals surface area contributed by atoms with Crippen LogP contribution in [0.5, 0.6) is 5.75 Å². The van der Waals surface area contributed by atoms with Gasteiger partial charge in [0.2, 0.25) is 0 Å². The van der Waals surface area contributed by atoms with Crippen LogP contribution in [0, 0.1) is 19.3 Å². The zero-order chi connectivity index (χ0) is 18.5. The summed E-state index contributed by atoms with van der Waals surface area (Å²) in [4.78, 5) is 12.9. The summed E-state index contributed by atoms with van der Waals surface area (Å²) in [6, 6.07) is 17.2. The summed E-state index contributed by atoms with van der Waals surface area (Å²) in [6.07, 6.45) is 5.22. The van der Waals surface area contributed by atoms with E-state index in [1.165, 1.54) is 0 Å². The van der Waals surface area contributed by atoms with Crippen molar-refractivity contribution in [3.05, 3.63) is 76.2 Å². The molecule has 0 unspecified atom stereocenters. The maximum absolute atomic E-state index is 12.9. The Morgan fingerprint density at radius 3 is 2.65 bits per heavy atom. The fourth-order valence-electron chi connectivity index (χ4n) is 2.83. The first-order valence-electron chi connectivity index (χ1n) is 8.35. The number of anilines is 1. The largest absolute Gasteiger partial charge is 0.481 e. The molecule has 0 amide bonds. The highest BCUT2D eigenvalue weighted by Crippen LogP contribution is 2.17. The third-order valence-electron chi connectivity index (χ3n) is 4.24. The van der Waals surface area contributed by atoms with Crippen LogP contribution < -0.4 is 15.6 Å². The Kier molecular flexibility index (Phi) is 5.14. The number of benzene rings is 2. The Labute approximate surface area is 152 Å². The molecule has 3 rings (SSSR count). The van der Waals surface area contributed by atoms with Gasteiger partial charge in [0.15, 0.2) is 0 Å². The van der Waals surface area contributed by atoms with Crippen LogP contribution in [0.15, 0.2) is 59.4 Å². The van der Waals surface area contributed by atoms with Gasteiger partial charge in [0.25, 0.3) is 5.56 Å². The minimum Gasteiger partial charge on any atom is -0.481 e. The number of terminal acetylenes is 1. The van der Waals surface area contributed by atoms with Gasteiger partial charge >= 0.3 is 0 Å². The quantitative estimate of drug-likeness (QED) is 0.697. The van der Waals surface area contributed by atoms with Crippen molar-refractivity contribution in [3.63, 3.8) is 0 Å². The van der Waals surface area contributed by atoms with Crippen LogP contribution in [-0.2, 0) is 13.6 Å². The first-order valence-corrected chi connectivity index (χ1v) is 8.35. The van der Waals surface area contributed by atoms with Crippen LogP contribution in [0.2, 0.25) is 0 Å². The molecule has 0 saturated carbocycles. The van der Waals surface area contributed by atoms with Gasteiger partial charge in [0, 0.05) is 13.6 Å². The standard InChI is InChI=1S/C21H21N3O2/c1-4-13-26-19-12-8-9-17(14-19)15-22-20-16(2)23(3)24(21(20)25)18-10-6-5-7-11-18/h1,5-12,14,22H,13,15H2,2-3H3. The Bertz CT molecular complexity index is 994. The van der Waals surface area contributed by atoms with Gasteiger partial charge in [-0.2, -0.15) is 0 Å². The molecule has 0 aliphatic carbocycles. The molecular weight excluding hydrogens is 326 g/mol. The molecule has 1 heterocycles. The van der Waals surface area contributed by atoms with E-state index in [0.29, 0.717) is 18.0 Å². The fourth-order valence-corrected chi connectivity index (χ4v) is 2.83. The molecule has 0 spiro atoms. The summed E-state index contributed by atoms with van der Waals surface area (Å²) < 4.78 is 8.95. The summed E-state index contributed by atoms with van der Waals surface area (Å²) in [7, 11) is 1.88.